The van der Waals surface area contributed by atoms with Crippen LogP contribution in [0.3, 0.4) is 0 Å². The van der Waals surface area contributed by atoms with Crippen LogP contribution < -0.4 is 20.1 Å². The third kappa shape index (κ3) is 5.78. The molecule has 0 aliphatic heterocycles. The Balaban J connectivity index is 2.42. The van der Waals surface area contributed by atoms with Gasteiger partial charge >= 0.3 is 6.01 Å². The van der Waals surface area contributed by atoms with Crippen LogP contribution in [-0.2, 0) is 17.9 Å². The summed E-state index contributed by atoms with van der Waals surface area (Å²) >= 11 is 0. The fourth-order valence-electron chi connectivity index (χ4n) is 2.74. The molecule has 0 aliphatic carbocycles. The van der Waals surface area contributed by atoms with E-state index in [4.69, 9.17) is 19.9 Å². The van der Waals surface area contributed by atoms with Gasteiger partial charge in [-0.05, 0) is 24.8 Å². The van der Waals surface area contributed by atoms with Gasteiger partial charge in [-0.2, -0.15) is 9.97 Å². The van der Waals surface area contributed by atoms with Gasteiger partial charge in [0.25, 0.3) is 0 Å². The number of methoxy groups -OCH3 is 2. The molecule has 9 nitrogen and oxygen atoms in total. The van der Waals surface area contributed by atoms with E-state index in [1.54, 1.807) is 20.3 Å². The van der Waals surface area contributed by atoms with E-state index in [-0.39, 0.29) is 25.2 Å². The van der Waals surface area contributed by atoms with Crippen LogP contribution in [0.25, 0.3) is 0 Å². The van der Waals surface area contributed by atoms with Crippen LogP contribution in [0.15, 0.2) is 23.2 Å². The molecule has 3 N–H and O–H groups in total. The van der Waals surface area contributed by atoms with Gasteiger partial charge in [0.1, 0.15) is 18.2 Å². The summed E-state index contributed by atoms with van der Waals surface area (Å²) in [6.07, 6.45) is 1.88. The minimum absolute atomic E-state index is 0.0656. The normalized spacial score (nSPS) is 10.6. The number of nitrogens with zero attached hydrogens (tertiary/aromatic N) is 4. The van der Waals surface area contributed by atoms with Crippen LogP contribution >= 0.6 is 0 Å². The third-order valence-electron chi connectivity index (χ3n) is 4.24. The molecule has 1 heterocycles. The van der Waals surface area contributed by atoms with Crippen molar-refractivity contribution in [2.45, 2.75) is 32.9 Å². The van der Waals surface area contributed by atoms with E-state index in [9.17, 15) is 5.11 Å². The second-order valence-electron chi connectivity index (χ2n) is 6.34. The Labute approximate surface area is 171 Å². The summed E-state index contributed by atoms with van der Waals surface area (Å²) in [6.45, 7) is 6.72. The lowest BCUT2D eigenvalue weighted by Crippen LogP contribution is -2.27. The highest BCUT2D eigenvalue weighted by molar-refractivity contribution is 5.75. The first kappa shape index (κ1) is 22.4. The third-order valence-corrected chi connectivity index (χ3v) is 4.24. The predicted molar refractivity (Wildman–Crippen MR) is 113 cm³/mol. The van der Waals surface area contributed by atoms with Gasteiger partial charge < -0.3 is 30.0 Å². The van der Waals surface area contributed by atoms with E-state index < -0.39 is 0 Å². The largest absolute Gasteiger partial charge is 0.496 e. The first-order valence-electron chi connectivity index (χ1n) is 9.35. The Morgan fingerprint density at radius 1 is 1.28 bits per heavy atom. The highest BCUT2D eigenvalue weighted by Gasteiger charge is 2.20. The minimum atomic E-state index is -0.0656. The number of aliphatic hydroxyl groups excluding tert-OH is 1. The maximum absolute atomic E-state index is 9.36. The molecular formula is C20H29N5O4. The molecule has 0 saturated carbocycles. The minimum Gasteiger partial charge on any atom is -0.496 e. The van der Waals surface area contributed by atoms with E-state index in [1.165, 1.54) is 0 Å². The molecular weight excluding hydrogens is 374 g/mol. The molecule has 9 heteroatoms. The van der Waals surface area contributed by atoms with Crippen molar-refractivity contribution in [3.63, 3.8) is 0 Å². The standard InChI is InChI=1S/C20H29N5O4/c1-5-6-9-29-20-23-18(21)17(22-2)19(24-20)25(13-27-3)11-15-8-7-14(12-26)10-16(15)28-4/h7-8,10,26H,2,5-6,9,11-13H2,1,3-4H3,(H2,21,23,24). The Kier molecular flexibility index (Phi) is 8.63. The van der Waals surface area contributed by atoms with E-state index in [0.717, 1.165) is 24.0 Å². The molecule has 2 rings (SSSR count). The predicted octanol–water partition coefficient (Wildman–Crippen LogP) is 2.68. The topological polar surface area (TPSA) is 115 Å². The zero-order valence-electron chi connectivity index (χ0n) is 17.2. The first-order chi connectivity index (χ1) is 14.1. The van der Waals surface area contributed by atoms with Crippen LogP contribution in [-0.4, -0.2) is 49.3 Å². The summed E-state index contributed by atoms with van der Waals surface area (Å²) in [4.78, 5) is 14.5. The number of hydrogen-bond acceptors (Lipinski definition) is 9. The van der Waals surface area contributed by atoms with Gasteiger partial charge in [0.2, 0.25) is 0 Å². The smallest absolute Gasteiger partial charge is 0.320 e. The van der Waals surface area contributed by atoms with Crippen molar-refractivity contribution in [1.82, 2.24) is 9.97 Å². The van der Waals surface area contributed by atoms with Crippen LogP contribution in [0, 0.1) is 0 Å². The van der Waals surface area contributed by atoms with Gasteiger partial charge in [0.05, 0.1) is 26.9 Å². The number of nitrogens with two attached hydrogens (primary N) is 1. The number of benzene rings is 1. The van der Waals surface area contributed by atoms with E-state index in [1.807, 2.05) is 17.0 Å². The lowest BCUT2D eigenvalue weighted by Gasteiger charge is -2.25. The summed E-state index contributed by atoms with van der Waals surface area (Å²) in [7, 11) is 3.17. The van der Waals surface area contributed by atoms with Crippen LogP contribution in [0.2, 0.25) is 0 Å². The van der Waals surface area contributed by atoms with Crippen molar-refractivity contribution in [1.29, 1.82) is 0 Å². The van der Waals surface area contributed by atoms with Crippen molar-refractivity contribution >= 4 is 24.0 Å². The Morgan fingerprint density at radius 3 is 2.69 bits per heavy atom. The van der Waals surface area contributed by atoms with Crippen LogP contribution in [0.5, 0.6) is 11.8 Å². The summed E-state index contributed by atoms with van der Waals surface area (Å²) in [6, 6.07) is 5.70. The number of aliphatic hydroxyl groups is 1. The molecule has 0 radical (unpaired) electrons. The summed E-state index contributed by atoms with van der Waals surface area (Å²) in [5.74, 6) is 1.28. The maximum atomic E-state index is 9.36. The van der Waals surface area contributed by atoms with Crippen molar-refractivity contribution in [3.8, 4) is 11.8 Å². The zero-order valence-corrected chi connectivity index (χ0v) is 17.2. The van der Waals surface area contributed by atoms with Crippen LogP contribution in [0.1, 0.15) is 30.9 Å². The Morgan fingerprint density at radius 2 is 2.07 bits per heavy atom. The van der Waals surface area contributed by atoms with E-state index >= 15 is 0 Å². The average molecular weight is 403 g/mol. The molecule has 0 aliphatic rings. The number of hydrogen-bond donors (Lipinski definition) is 2. The van der Waals surface area contributed by atoms with Gasteiger partial charge in [-0.25, -0.2) is 0 Å². The monoisotopic (exact) mass is 403 g/mol. The van der Waals surface area contributed by atoms with Gasteiger partial charge in [0, 0.05) is 12.7 Å². The molecule has 158 valence electrons. The number of ether oxygens (including phenoxy) is 3. The summed E-state index contributed by atoms with van der Waals surface area (Å²) < 4.78 is 16.5. The molecule has 0 amide bonds. The molecule has 0 fully saturated rings. The number of nitrogen functional groups attached to an aromatic ring is 1. The Hall–Kier alpha value is -2.91. The van der Waals surface area contributed by atoms with E-state index in [0.29, 0.717) is 30.4 Å². The van der Waals surface area contributed by atoms with E-state index in [2.05, 4.69) is 28.6 Å². The van der Waals surface area contributed by atoms with Gasteiger partial charge in [-0.3, -0.25) is 4.99 Å². The van der Waals surface area contributed by atoms with Crippen molar-refractivity contribution < 1.29 is 19.3 Å². The zero-order chi connectivity index (χ0) is 21.2. The number of rotatable bonds is 12. The van der Waals surface area contributed by atoms with Crippen molar-refractivity contribution in [2.24, 2.45) is 4.99 Å². The molecule has 0 saturated heterocycles. The van der Waals surface area contributed by atoms with Gasteiger partial charge in [-0.15, -0.1) is 0 Å². The molecule has 1 aromatic carbocycles. The molecule has 29 heavy (non-hydrogen) atoms. The van der Waals surface area contributed by atoms with Crippen LogP contribution in [0.4, 0.5) is 17.3 Å². The molecule has 2 aromatic rings. The number of unbranched alkanes of at least 4 members (excludes halogenated alkanes) is 1. The molecule has 0 unspecified atom stereocenters. The van der Waals surface area contributed by atoms with Crippen molar-refractivity contribution in [2.75, 3.05) is 38.2 Å². The molecule has 0 spiro atoms. The molecule has 0 atom stereocenters. The lowest BCUT2D eigenvalue weighted by molar-refractivity contribution is 0.195. The Bertz CT molecular complexity index is 816. The van der Waals surface area contributed by atoms with Gasteiger partial charge in [0.15, 0.2) is 11.6 Å². The second kappa shape index (κ2) is 11.2. The highest BCUT2D eigenvalue weighted by Crippen LogP contribution is 2.35. The second-order valence-corrected chi connectivity index (χ2v) is 6.34. The lowest BCUT2D eigenvalue weighted by atomic mass is 10.1. The molecule has 0 bridgehead atoms. The van der Waals surface area contributed by atoms with Crippen molar-refractivity contribution in [3.05, 3.63) is 29.3 Å². The maximum Gasteiger partial charge on any atom is 0.320 e. The molecule has 1 aromatic heterocycles. The number of aliphatic imine (C=N–C) groups is 1. The quantitative estimate of drug-likeness (QED) is 0.316. The fourth-order valence-corrected chi connectivity index (χ4v) is 2.74. The highest BCUT2D eigenvalue weighted by atomic mass is 16.5. The van der Waals surface area contributed by atoms with Gasteiger partial charge in [-0.1, -0.05) is 25.5 Å². The number of anilines is 2. The summed E-state index contributed by atoms with van der Waals surface area (Å²) in [5, 5.41) is 9.36. The summed E-state index contributed by atoms with van der Waals surface area (Å²) in [5.41, 5.74) is 8.07. The number of aromatic nitrogens is 2. The first-order valence-corrected chi connectivity index (χ1v) is 9.35. The SMILES string of the molecule is C=Nc1c(N)nc(OCCCC)nc1N(COC)Cc1ccc(CO)cc1OC. The average Bonchev–Trinajstić information content (AvgIpc) is 2.73. The fraction of sp³-hybridized carbons (Fsp3) is 0.450.